The third kappa shape index (κ3) is 7.63. The van der Waals surface area contributed by atoms with Crippen molar-refractivity contribution < 1.29 is 14.4 Å². The highest BCUT2D eigenvalue weighted by Gasteiger charge is 2.30. The van der Waals surface area contributed by atoms with Crippen molar-refractivity contribution in [3.63, 3.8) is 0 Å². The number of likely N-dealkylation sites (N-methyl/N-ethyl adjacent to an activating group) is 1. The van der Waals surface area contributed by atoms with Gasteiger partial charge in [-0.25, -0.2) is 9.97 Å². The van der Waals surface area contributed by atoms with E-state index in [1.54, 1.807) is 7.05 Å². The Kier molecular flexibility index (Phi) is 9.29. The summed E-state index contributed by atoms with van der Waals surface area (Å²) in [6.45, 7) is 7.33. The molecule has 10 heteroatoms. The number of amides is 3. The minimum absolute atomic E-state index is 0.00709. The van der Waals surface area contributed by atoms with Crippen LogP contribution >= 0.6 is 0 Å². The van der Waals surface area contributed by atoms with Gasteiger partial charge in [0.15, 0.2) is 11.5 Å². The summed E-state index contributed by atoms with van der Waals surface area (Å²) in [6.07, 6.45) is 7.44. The molecular formula is C29H39N7O3. The zero-order valence-electron chi connectivity index (χ0n) is 23.1. The molecule has 208 valence electrons. The van der Waals surface area contributed by atoms with Crippen LogP contribution in [0.4, 0.5) is 11.5 Å². The van der Waals surface area contributed by atoms with Crippen molar-refractivity contribution in [3.05, 3.63) is 59.1 Å². The van der Waals surface area contributed by atoms with Gasteiger partial charge in [0.05, 0.1) is 17.9 Å². The number of rotatable bonds is 13. The van der Waals surface area contributed by atoms with Gasteiger partial charge < -0.3 is 21.3 Å². The van der Waals surface area contributed by atoms with Crippen molar-refractivity contribution in [1.29, 1.82) is 0 Å². The Balaban J connectivity index is 1.33. The van der Waals surface area contributed by atoms with Crippen molar-refractivity contribution in [2.75, 3.05) is 45.1 Å². The predicted octanol–water partition coefficient (Wildman–Crippen LogP) is 2.70. The number of aromatic nitrogens is 2. The summed E-state index contributed by atoms with van der Waals surface area (Å²) in [5.74, 6) is -0.253. The van der Waals surface area contributed by atoms with Crippen LogP contribution in [-0.2, 0) is 16.0 Å². The summed E-state index contributed by atoms with van der Waals surface area (Å²) < 4.78 is 0. The minimum Gasteiger partial charge on any atom is -0.364 e. The number of hydrogen-bond acceptors (Lipinski definition) is 7. The number of primary amides is 1. The molecule has 2 aromatic rings. The Labute approximate surface area is 230 Å². The Morgan fingerprint density at radius 3 is 2.64 bits per heavy atom. The maximum atomic E-state index is 12.5. The summed E-state index contributed by atoms with van der Waals surface area (Å²) in [5, 5.41) is 6.17. The van der Waals surface area contributed by atoms with Crippen LogP contribution < -0.4 is 16.4 Å². The van der Waals surface area contributed by atoms with E-state index in [9.17, 15) is 14.4 Å². The summed E-state index contributed by atoms with van der Waals surface area (Å²) in [6, 6.07) is 7.75. The lowest BCUT2D eigenvalue weighted by molar-refractivity contribution is -0.131. The monoisotopic (exact) mass is 533 g/mol. The Morgan fingerprint density at radius 2 is 2.00 bits per heavy atom. The summed E-state index contributed by atoms with van der Waals surface area (Å²) in [7, 11) is 1.62. The SMILES string of the molecule is CCc1nc(C(N)=O)c(Nc2cccc(C(C)CNC(=O)CN(C)C(=O)C=CCN3CCC3)c2)nc1C1CC1. The molecule has 0 radical (unpaired) electrons. The summed E-state index contributed by atoms with van der Waals surface area (Å²) in [5.41, 5.74) is 9.27. The van der Waals surface area contributed by atoms with Crippen LogP contribution in [0.1, 0.15) is 72.4 Å². The Hall–Kier alpha value is -3.79. The van der Waals surface area contributed by atoms with E-state index in [2.05, 4.69) is 20.5 Å². The molecule has 1 aliphatic heterocycles. The molecule has 1 aliphatic carbocycles. The van der Waals surface area contributed by atoms with Crippen molar-refractivity contribution in [1.82, 2.24) is 25.1 Å². The van der Waals surface area contributed by atoms with Crippen molar-refractivity contribution in [3.8, 4) is 0 Å². The molecule has 0 spiro atoms. The molecule has 2 aliphatic rings. The number of anilines is 2. The highest BCUT2D eigenvalue weighted by Crippen LogP contribution is 2.41. The summed E-state index contributed by atoms with van der Waals surface area (Å²) >= 11 is 0. The van der Waals surface area contributed by atoms with Gasteiger partial charge in [-0.1, -0.05) is 32.1 Å². The number of nitrogens with two attached hydrogens (primary N) is 1. The lowest BCUT2D eigenvalue weighted by Gasteiger charge is -2.29. The van der Waals surface area contributed by atoms with Crippen LogP contribution in [0.5, 0.6) is 0 Å². The summed E-state index contributed by atoms with van der Waals surface area (Å²) in [4.78, 5) is 49.8. The van der Waals surface area contributed by atoms with E-state index in [1.165, 1.54) is 17.4 Å². The van der Waals surface area contributed by atoms with Crippen LogP contribution in [-0.4, -0.2) is 77.3 Å². The van der Waals surface area contributed by atoms with E-state index in [1.807, 2.05) is 44.2 Å². The third-order valence-corrected chi connectivity index (χ3v) is 7.18. The van der Waals surface area contributed by atoms with Gasteiger partial charge in [0.25, 0.3) is 5.91 Å². The van der Waals surface area contributed by atoms with Crippen molar-refractivity contribution in [2.24, 2.45) is 5.73 Å². The van der Waals surface area contributed by atoms with E-state index < -0.39 is 5.91 Å². The molecule has 3 amide bonds. The molecule has 4 rings (SSSR count). The van der Waals surface area contributed by atoms with Gasteiger partial charge in [-0.2, -0.15) is 0 Å². The molecule has 2 fully saturated rings. The highest BCUT2D eigenvalue weighted by molar-refractivity contribution is 5.96. The lowest BCUT2D eigenvalue weighted by Crippen LogP contribution is -2.39. The van der Waals surface area contributed by atoms with Crippen LogP contribution in [0.3, 0.4) is 0 Å². The van der Waals surface area contributed by atoms with Gasteiger partial charge in [-0.15, -0.1) is 0 Å². The molecule has 10 nitrogen and oxygen atoms in total. The first-order valence-electron chi connectivity index (χ1n) is 13.7. The van der Waals surface area contributed by atoms with Crippen molar-refractivity contribution >= 4 is 29.2 Å². The van der Waals surface area contributed by atoms with Gasteiger partial charge in [-0.3, -0.25) is 19.3 Å². The number of carbonyl (C=O) groups is 3. The van der Waals surface area contributed by atoms with Crippen LogP contribution in [0.15, 0.2) is 36.4 Å². The quantitative estimate of drug-likeness (QED) is 0.337. The average molecular weight is 534 g/mol. The molecular weight excluding hydrogens is 494 g/mol. The lowest BCUT2D eigenvalue weighted by atomic mass is 10.0. The zero-order chi connectivity index (χ0) is 27.9. The topological polar surface area (TPSA) is 134 Å². The van der Waals surface area contributed by atoms with Gasteiger partial charge in [0.1, 0.15) is 0 Å². The first-order chi connectivity index (χ1) is 18.7. The van der Waals surface area contributed by atoms with E-state index in [-0.39, 0.29) is 30.0 Å². The first kappa shape index (κ1) is 28.2. The maximum absolute atomic E-state index is 12.5. The second kappa shape index (κ2) is 12.8. The van der Waals surface area contributed by atoms with Crippen LogP contribution in [0.2, 0.25) is 0 Å². The zero-order valence-corrected chi connectivity index (χ0v) is 23.1. The number of benzene rings is 1. The van der Waals surface area contributed by atoms with Crippen molar-refractivity contribution in [2.45, 2.75) is 51.4 Å². The second-order valence-electron chi connectivity index (χ2n) is 10.5. The molecule has 2 heterocycles. The van der Waals surface area contributed by atoms with E-state index >= 15 is 0 Å². The normalized spacial score (nSPS) is 16.0. The van der Waals surface area contributed by atoms with Gasteiger partial charge >= 0.3 is 0 Å². The van der Waals surface area contributed by atoms with Gasteiger partial charge in [-0.05, 0) is 62.4 Å². The number of aryl methyl sites for hydroxylation is 1. The molecule has 4 N–H and O–H groups in total. The van der Waals surface area contributed by atoms with Crippen LogP contribution in [0.25, 0.3) is 0 Å². The fraction of sp³-hybridized carbons (Fsp3) is 0.483. The maximum Gasteiger partial charge on any atom is 0.271 e. The Morgan fingerprint density at radius 1 is 1.23 bits per heavy atom. The number of nitrogens with one attached hydrogen (secondary N) is 2. The molecule has 1 atom stereocenters. The number of nitrogens with zero attached hydrogens (tertiary/aromatic N) is 4. The molecule has 1 unspecified atom stereocenters. The average Bonchev–Trinajstić information content (AvgIpc) is 3.73. The number of carbonyl (C=O) groups excluding carboxylic acids is 3. The second-order valence-corrected chi connectivity index (χ2v) is 10.5. The first-order valence-corrected chi connectivity index (χ1v) is 13.7. The predicted molar refractivity (Wildman–Crippen MR) is 151 cm³/mol. The fourth-order valence-electron chi connectivity index (χ4n) is 4.47. The molecule has 1 saturated heterocycles. The highest BCUT2D eigenvalue weighted by atomic mass is 16.2. The number of likely N-dealkylation sites (tertiary alicyclic amines) is 1. The smallest absolute Gasteiger partial charge is 0.271 e. The fourth-order valence-corrected chi connectivity index (χ4v) is 4.47. The molecule has 0 bridgehead atoms. The van der Waals surface area contributed by atoms with E-state index in [0.717, 1.165) is 55.1 Å². The van der Waals surface area contributed by atoms with Gasteiger partial charge in [0, 0.05) is 37.8 Å². The number of hydrogen-bond donors (Lipinski definition) is 3. The largest absolute Gasteiger partial charge is 0.364 e. The molecule has 1 saturated carbocycles. The standard InChI is InChI=1S/C29H39N7O3/c1-4-23-26(20-11-12-20)34-29(27(33-23)28(30)39)32-22-9-5-8-21(16-22)19(2)17-31-24(37)18-35(3)25(38)10-6-13-36-14-7-15-36/h5-6,8-10,16,19-20H,4,7,11-15,17-18H2,1-3H3,(H2,30,39)(H,31,37)(H,32,34). The van der Waals surface area contributed by atoms with Gasteiger partial charge in [0.2, 0.25) is 11.8 Å². The third-order valence-electron chi connectivity index (χ3n) is 7.18. The Bertz CT molecular complexity index is 1240. The molecule has 1 aromatic carbocycles. The molecule has 39 heavy (non-hydrogen) atoms. The minimum atomic E-state index is -0.621. The van der Waals surface area contributed by atoms with E-state index in [0.29, 0.717) is 24.7 Å². The van der Waals surface area contributed by atoms with E-state index in [4.69, 9.17) is 10.7 Å². The van der Waals surface area contributed by atoms with Crippen LogP contribution in [0, 0.1) is 0 Å². The molecule has 1 aromatic heterocycles.